The van der Waals surface area contributed by atoms with E-state index in [0.29, 0.717) is 0 Å². The standard InChI is InChI=1S/C14H10O4.K/c15-13(16)11-5-1-9(2-6-11)10-3-7-12(8-4-10)14(17)18;/h1-8H,(H,15,16)(H,17,18);. The van der Waals surface area contributed by atoms with E-state index in [1.165, 1.54) is 24.3 Å². The summed E-state index contributed by atoms with van der Waals surface area (Å²) in [5, 5.41) is 17.6. The number of rotatable bonds is 3. The molecule has 1 radical (unpaired) electrons. The van der Waals surface area contributed by atoms with Gasteiger partial charge in [0.05, 0.1) is 11.1 Å². The van der Waals surface area contributed by atoms with Crippen molar-refractivity contribution in [3.05, 3.63) is 59.7 Å². The molecule has 91 valence electrons. The maximum atomic E-state index is 10.7. The Morgan fingerprint density at radius 3 is 1.11 bits per heavy atom. The topological polar surface area (TPSA) is 74.6 Å². The predicted molar refractivity (Wildman–Crippen MR) is 71.6 cm³/mol. The largest absolute Gasteiger partial charge is 0.478 e. The summed E-state index contributed by atoms with van der Waals surface area (Å²) >= 11 is 0. The zero-order valence-corrected chi connectivity index (χ0v) is 13.5. The number of hydrogen-bond acceptors (Lipinski definition) is 2. The van der Waals surface area contributed by atoms with Crippen LogP contribution in [0.5, 0.6) is 0 Å². The molecule has 0 atom stereocenters. The van der Waals surface area contributed by atoms with Crippen molar-refractivity contribution in [2.24, 2.45) is 0 Å². The second kappa shape index (κ2) is 6.98. The molecule has 2 aromatic rings. The fraction of sp³-hybridized carbons (Fsp3) is 0. The summed E-state index contributed by atoms with van der Waals surface area (Å²) in [6, 6.07) is 12.8. The van der Waals surface area contributed by atoms with Gasteiger partial charge in [-0.25, -0.2) is 9.59 Å². The number of benzene rings is 2. The Bertz CT molecular complexity index is 532. The monoisotopic (exact) mass is 281 g/mol. The van der Waals surface area contributed by atoms with Crippen LogP contribution in [0.15, 0.2) is 48.5 Å². The summed E-state index contributed by atoms with van der Waals surface area (Å²) in [6.07, 6.45) is 0. The molecule has 0 aliphatic heterocycles. The van der Waals surface area contributed by atoms with Crippen LogP contribution in [0, 0.1) is 0 Å². The molecule has 5 heteroatoms. The van der Waals surface area contributed by atoms with Crippen LogP contribution in [-0.2, 0) is 0 Å². The molecule has 19 heavy (non-hydrogen) atoms. The third-order valence-corrected chi connectivity index (χ3v) is 2.60. The van der Waals surface area contributed by atoms with Crippen molar-refractivity contribution in [3.8, 4) is 11.1 Å². The van der Waals surface area contributed by atoms with Crippen LogP contribution in [0.2, 0.25) is 0 Å². The summed E-state index contributed by atoms with van der Waals surface area (Å²) in [5.74, 6) is -1.94. The maximum Gasteiger partial charge on any atom is 0.335 e. The first-order chi connectivity index (χ1) is 8.58. The van der Waals surface area contributed by atoms with Gasteiger partial charge in [0.1, 0.15) is 0 Å². The van der Waals surface area contributed by atoms with Gasteiger partial charge >= 0.3 is 11.9 Å². The average molecular weight is 281 g/mol. The van der Waals surface area contributed by atoms with Gasteiger partial charge in [0.2, 0.25) is 0 Å². The summed E-state index contributed by atoms with van der Waals surface area (Å²) in [6.45, 7) is 0. The smallest absolute Gasteiger partial charge is 0.335 e. The van der Waals surface area contributed by atoms with Crippen molar-refractivity contribution >= 4 is 63.3 Å². The molecule has 4 nitrogen and oxygen atoms in total. The van der Waals surface area contributed by atoms with Gasteiger partial charge in [-0.05, 0) is 35.4 Å². The molecule has 2 N–H and O–H groups in total. The summed E-state index contributed by atoms with van der Waals surface area (Å²) in [7, 11) is 0. The van der Waals surface area contributed by atoms with Gasteiger partial charge in [-0.2, -0.15) is 0 Å². The van der Waals surface area contributed by atoms with Gasteiger partial charge in [-0.1, -0.05) is 24.3 Å². The zero-order chi connectivity index (χ0) is 13.1. The van der Waals surface area contributed by atoms with E-state index in [1.54, 1.807) is 24.3 Å². The Balaban J connectivity index is 0.00000180. The summed E-state index contributed by atoms with van der Waals surface area (Å²) in [4.78, 5) is 21.4. The number of carboxylic acid groups (broad SMARTS) is 2. The molecule has 0 saturated carbocycles. The van der Waals surface area contributed by atoms with Gasteiger partial charge in [0.25, 0.3) is 0 Å². The molecule has 0 unspecified atom stereocenters. The molecule has 0 bridgehead atoms. The van der Waals surface area contributed by atoms with Gasteiger partial charge in [-0.3, -0.25) is 0 Å². The normalized spacial score (nSPS) is 9.47. The van der Waals surface area contributed by atoms with Crippen LogP contribution in [0.25, 0.3) is 11.1 Å². The Labute approximate surface area is 152 Å². The molecule has 0 aliphatic carbocycles. The Kier molecular flexibility index (Phi) is 5.90. The van der Waals surface area contributed by atoms with E-state index in [9.17, 15) is 9.59 Å². The first-order valence-corrected chi connectivity index (χ1v) is 5.25. The molecule has 0 aromatic heterocycles. The number of carbonyl (C=O) groups is 2. The van der Waals surface area contributed by atoms with E-state index < -0.39 is 11.9 Å². The van der Waals surface area contributed by atoms with E-state index in [1.807, 2.05) is 0 Å². The van der Waals surface area contributed by atoms with Gasteiger partial charge in [-0.15, -0.1) is 0 Å². The Morgan fingerprint density at radius 2 is 0.895 bits per heavy atom. The van der Waals surface area contributed by atoms with E-state index in [0.717, 1.165) is 11.1 Å². The van der Waals surface area contributed by atoms with Crippen molar-refractivity contribution in [1.29, 1.82) is 0 Å². The number of hydrogen-bond donors (Lipinski definition) is 2. The van der Waals surface area contributed by atoms with E-state index in [2.05, 4.69) is 0 Å². The van der Waals surface area contributed by atoms with Crippen LogP contribution in [0.1, 0.15) is 20.7 Å². The molecule has 0 amide bonds. The predicted octanol–water partition coefficient (Wildman–Crippen LogP) is 2.37. The first-order valence-electron chi connectivity index (χ1n) is 5.25. The van der Waals surface area contributed by atoms with Crippen molar-refractivity contribution < 1.29 is 19.8 Å². The first kappa shape index (κ1) is 16.1. The Hall–Kier alpha value is -0.984. The summed E-state index contributed by atoms with van der Waals surface area (Å²) in [5.41, 5.74) is 2.13. The molecule has 2 rings (SSSR count). The quantitative estimate of drug-likeness (QED) is 0.847. The van der Waals surface area contributed by atoms with E-state index in [-0.39, 0.29) is 62.5 Å². The molecular formula is C14H10KO4. The second-order valence-corrected chi connectivity index (χ2v) is 3.77. The van der Waals surface area contributed by atoms with Crippen LogP contribution in [0.4, 0.5) is 0 Å². The third kappa shape index (κ3) is 3.99. The molecule has 0 aliphatic rings. The van der Waals surface area contributed by atoms with Crippen LogP contribution in [0.3, 0.4) is 0 Å². The van der Waals surface area contributed by atoms with Crippen LogP contribution in [-0.4, -0.2) is 73.5 Å². The molecule has 0 saturated heterocycles. The second-order valence-electron chi connectivity index (χ2n) is 3.77. The fourth-order valence-electron chi connectivity index (χ4n) is 1.61. The molecule has 0 spiro atoms. The van der Waals surface area contributed by atoms with Gasteiger partial charge in [0, 0.05) is 51.4 Å². The van der Waals surface area contributed by atoms with Gasteiger partial charge < -0.3 is 10.2 Å². The van der Waals surface area contributed by atoms with E-state index in [4.69, 9.17) is 10.2 Å². The van der Waals surface area contributed by atoms with Crippen molar-refractivity contribution in [2.75, 3.05) is 0 Å². The molecule has 2 aromatic carbocycles. The minimum absolute atomic E-state index is 0. The minimum Gasteiger partial charge on any atom is -0.478 e. The number of aromatic carboxylic acids is 2. The Morgan fingerprint density at radius 1 is 0.632 bits per heavy atom. The maximum absolute atomic E-state index is 10.7. The van der Waals surface area contributed by atoms with Crippen LogP contribution >= 0.6 is 0 Å². The van der Waals surface area contributed by atoms with Crippen molar-refractivity contribution in [2.45, 2.75) is 0 Å². The van der Waals surface area contributed by atoms with Crippen molar-refractivity contribution in [3.63, 3.8) is 0 Å². The van der Waals surface area contributed by atoms with Crippen molar-refractivity contribution in [1.82, 2.24) is 0 Å². The summed E-state index contributed by atoms with van der Waals surface area (Å²) < 4.78 is 0. The number of carboxylic acids is 2. The van der Waals surface area contributed by atoms with E-state index >= 15 is 0 Å². The third-order valence-electron chi connectivity index (χ3n) is 2.60. The fourth-order valence-corrected chi connectivity index (χ4v) is 1.61. The van der Waals surface area contributed by atoms with Gasteiger partial charge in [0.15, 0.2) is 0 Å². The molecule has 0 fully saturated rings. The average Bonchev–Trinajstić information content (AvgIpc) is 2.39. The minimum atomic E-state index is -0.970. The SMILES string of the molecule is O=C(O)c1ccc(-c2ccc(C(=O)O)cc2)cc1.[K]. The zero-order valence-electron chi connectivity index (χ0n) is 10.3. The molecular weight excluding hydrogens is 271 g/mol. The molecule has 0 heterocycles. The van der Waals surface area contributed by atoms with Crippen LogP contribution < -0.4 is 0 Å².